The SMILES string of the molecule is CCP(=S)(OCCF)Oc1ccc([N+](=O)[O-])cc1. The number of rotatable bonds is 7. The summed E-state index contributed by atoms with van der Waals surface area (Å²) in [5.74, 6) is 0.393. The maximum Gasteiger partial charge on any atom is 0.269 e. The number of hydrogen-bond donors (Lipinski definition) is 0. The Bertz CT molecular complexity index is 454. The van der Waals surface area contributed by atoms with Crippen molar-refractivity contribution in [3.63, 3.8) is 0 Å². The standard InChI is InChI=1S/C10H13FNO4PS/c1-2-17(18,15-8-7-11)16-10-5-3-9(4-6-10)12(13)14/h3-6H,2,7-8H2,1H3. The Balaban J connectivity index is 2.76. The predicted octanol–water partition coefficient (Wildman–Crippen LogP) is 3.29. The Labute approximate surface area is 109 Å². The van der Waals surface area contributed by atoms with Gasteiger partial charge in [-0.25, -0.2) is 4.39 Å². The van der Waals surface area contributed by atoms with Crippen molar-refractivity contribution in [2.24, 2.45) is 0 Å². The van der Waals surface area contributed by atoms with E-state index in [4.69, 9.17) is 20.9 Å². The van der Waals surface area contributed by atoms with Gasteiger partial charge in [0.1, 0.15) is 12.4 Å². The van der Waals surface area contributed by atoms with Crippen molar-refractivity contribution in [3.05, 3.63) is 34.4 Å². The third-order valence-electron chi connectivity index (χ3n) is 2.04. The Morgan fingerprint density at radius 1 is 1.44 bits per heavy atom. The molecule has 0 bridgehead atoms. The summed E-state index contributed by atoms with van der Waals surface area (Å²) in [5, 5.41) is 10.5. The zero-order valence-electron chi connectivity index (χ0n) is 9.74. The van der Waals surface area contributed by atoms with Crippen LogP contribution in [0.3, 0.4) is 0 Å². The van der Waals surface area contributed by atoms with Gasteiger partial charge in [0.2, 0.25) is 6.49 Å². The quantitative estimate of drug-likeness (QED) is 0.438. The van der Waals surface area contributed by atoms with Crippen molar-refractivity contribution >= 4 is 24.0 Å². The van der Waals surface area contributed by atoms with Gasteiger partial charge in [0.15, 0.2) is 0 Å². The lowest BCUT2D eigenvalue weighted by Crippen LogP contribution is -2.02. The van der Waals surface area contributed by atoms with E-state index in [9.17, 15) is 14.5 Å². The molecule has 0 fully saturated rings. The highest BCUT2D eigenvalue weighted by Gasteiger charge is 2.18. The van der Waals surface area contributed by atoms with Gasteiger partial charge < -0.3 is 9.05 Å². The second kappa shape index (κ2) is 6.78. The molecule has 100 valence electrons. The van der Waals surface area contributed by atoms with E-state index in [1.54, 1.807) is 6.92 Å². The first-order valence-corrected chi connectivity index (χ1v) is 8.06. The second-order valence-corrected chi connectivity index (χ2v) is 7.26. The fourth-order valence-corrected chi connectivity index (χ4v) is 2.78. The third-order valence-corrected chi connectivity index (χ3v) is 5.20. The minimum Gasteiger partial charge on any atom is -0.443 e. The number of nitrogens with zero attached hydrogens (tertiary/aromatic N) is 1. The number of nitro benzene ring substituents is 1. The van der Waals surface area contributed by atoms with Crippen molar-refractivity contribution in [2.45, 2.75) is 6.92 Å². The van der Waals surface area contributed by atoms with E-state index in [1.165, 1.54) is 24.3 Å². The van der Waals surface area contributed by atoms with Gasteiger partial charge in [0, 0.05) is 18.3 Å². The molecule has 0 aromatic heterocycles. The van der Waals surface area contributed by atoms with Gasteiger partial charge in [-0.05, 0) is 23.9 Å². The van der Waals surface area contributed by atoms with E-state index in [0.717, 1.165) is 0 Å². The highest BCUT2D eigenvalue weighted by Crippen LogP contribution is 2.48. The summed E-state index contributed by atoms with van der Waals surface area (Å²) < 4.78 is 22.8. The van der Waals surface area contributed by atoms with Crippen LogP contribution in [0.25, 0.3) is 0 Å². The first-order valence-electron chi connectivity index (χ1n) is 5.24. The first-order chi connectivity index (χ1) is 8.50. The van der Waals surface area contributed by atoms with Crippen molar-refractivity contribution in [1.29, 1.82) is 0 Å². The van der Waals surface area contributed by atoms with Gasteiger partial charge in [0.25, 0.3) is 5.69 Å². The summed E-state index contributed by atoms with van der Waals surface area (Å²) in [6.07, 6.45) is 0.458. The van der Waals surface area contributed by atoms with E-state index in [-0.39, 0.29) is 12.3 Å². The lowest BCUT2D eigenvalue weighted by Gasteiger charge is -2.20. The molecule has 5 nitrogen and oxygen atoms in total. The molecule has 18 heavy (non-hydrogen) atoms. The summed E-state index contributed by atoms with van der Waals surface area (Å²) >= 11 is 5.20. The molecule has 1 unspecified atom stereocenters. The van der Waals surface area contributed by atoms with Crippen molar-refractivity contribution < 1.29 is 18.4 Å². The zero-order chi connectivity index (χ0) is 13.6. The van der Waals surface area contributed by atoms with Crippen LogP contribution in [0.2, 0.25) is 0 Å². The molecule has 1 aromatic rings. The summed E-state index contributed by atoms with van der Waals surface area (Å²) in [4.78, 5) is 9.98. The molecular weight excluding hydrogens is 280 g/mol. The zero-order valence-corrected chi connectivity index (χ0v) is 11.5. The fraction of sp³-hybridized carbons (Fsp3) is 0.400. The Morgan fingerprint density at radius 3 is 2.50 bits per heavy atom. The molecule has 0 N–H and O–H groups in total. The minimum atomic E-state index is -2.55. The monoisotopic (exact) mass is 293 g/mol. The van der Waals surface area contributed by atoms with Crippen LogP contribution in [0.4, 0.5) is 10.1 Å². The topological polar surface area (TPSA) is 61.6 Å². The lowest BCUT2D eigenvalue weighted by atomic mass is 10.3. The van der Waals surface area contributed by atoms with Gasteiger partial charge in [0.05, 0.1) is 11.5 Å². The molecule has 1 aromatic carbocycles. The number of nitro groups is 1. The molecule has 0 saturated heterocycles. The molecule has 0 saturated carbocycles. The van der Waals surface area contributed by atoms with Gasteiger partial charge in [-0.1, -0.05) is 6.92 Å². The number of hydrogen-bond acceptors (Lipinski definition) is 5. The molecule has 8 heteroatoms. The number of alkyl halides is 1. The van der Waals surface area contributed by atoms with E-state index in [1.807, 2.05) is 0 Å². The largest absolute Gasteiger partial charge is 0.443 e. The third kappa shape index (κ3) is 4.33. The molecule has 0 aliphatic rings. The molecule has 0 aliphatic heterocycles. The number of non-ortho nitro benzene ring substituents is 1. The number of benzene rings is 1. The summed E-state index contributed by atoms with van der Waals surface area (Å²) in [5.41, 5.74) is -0.0307. The van der Waals surface area contributed by atoms with Crippen LogP contribution in [-0.2, 0) is 16.3 Å². The Morgan fingerprint density at radius 2 is 2.06 bits per heavy atom. The van der Waals surface area contributed by atoms with E-state index in [2.05, 4.69) is 0 Å². The van der Waals surface area contributed by atoms with Gasteiger partial charge in [-0.2, -0.15) is 0 Å². The first kappa shape index (κ1) is 15.0. The van der Waals surface area contributed by atoms with Crippen LogP contribution >= 0.6 is 6.49 Å². The van der Waals surface area contributed by atoms with Crippen molar-refractivity contribution in [1.82, 2.24) is 0 Å². The van der Waals surface area contributed by atoms with Crippen LogP contribution < -0.4 is 4.52 Å². The average molecular weight is 293 g/mol. The highest BCUT2D eigenvalue weighted by molar-refractivity contribution is 8.10. The molecule has 1 rings (SSSR count). The summed E-state index contributed by atoms with van der Waals surface area (Å²) in [6.45, 7) is -1.48. The minimum absolute atomic E-state index is 0.0307. The molecule has 0 spiro atoms. The average Bonchev–Trinajstić information content (AvgIpc) is 2.37. The van der Waals surface area contributed by atoms with Crippen LogP contribution in [-0.4, -0.2) is 24.4 Å². The molecule has 0 radical (unpaired) electrons. The molecule has 1 atom stereocenters. The summed E-state index contributed by atoms with van der Waals surface area (Å²) in [7, 11) is 0. The Hall–Kier alpha value is -1.04. The maximum atomic E-state index is 12.1. The second-order valence-electron chi connectivity index (χ2n) is 3.29. The van der Waals surface area contributed by atoms with E-state index in [0.29, 0.717) is 11.9 Å². The van der Waals surface area contributed by atoms with Crippen LogP contribution in [0, 0.1) is 10.1 Å². The lowest BCUT2D eigenvalue weighted by molar-refractivity contribution is -0.384. The van der Waals surface area contributed by atoms with Gasteiger partial charge in [-0.15, -0.1) is 0 Å². The Kier molecular flexibility index (Phi) is 5.65. The van der Waals surface area contributed by atoms with E-state index < -0.39 is 18.1 Å². The van der Waals surface area contributed by atoms with Crippen molar-refractivity contribution in [3.8, 4) is 5.75 Å². The van der Waals surface area contributed by atoms with Gasteiger partial charge >= 0.3 is 0 Å². The van der Waals surface area contributed by atoms with Crippen molar-refractivity contribution in [2.75, 3.05) is 19.4 Å². The number of halogens is 1. The molecule has 0 heterocycles. The highest BCUT2D eigenvalue weighted by atomic mass is 32.5. The fourth-order valence-electron chi connectivity index (χ4n) is 1.15. The predicted molar refractivity (Wildman–Crippen MR) is 70.5 cm³/mol. The van der Waals surface area contributed by atoms with Crippen LogP contribution in [0.1, 0.15) is 6.92 Å². The maximum absolute atomic E-state index is 12.1. The molecule has 0 aliphatic carbocycles. The van der Waals surface area contributed by atoms with Crippen LogP contribution in [0.15, 0.2) is 24.3 Å². The molecular formula is C10H13FNO4PS. The normalized spacial score (nSPS) is 13.9. The van der Waals surface area contributed by atoms with Crippen LogP contribution in [0.5, 0.6) is 5.75 Å². The van der Waals surface area contributed by atoms with Gasteiger partial charge in [-0.3, -0.25) is 10.1 Å². The van der Waals surface area contributed by atoms with E-state index >= 15 is 0 Å². The summed E-state index contributed by atoms with van der Waals surface area (Å²) in [6, 6.07) is 5.54. The molecule has 0 amide bonds. The smallest absolute Gasteiger partial charge is 0.269 e.